The molecule has 2 atom stereocenters. The summed E-state index contributed by atoms with van der Waals surface area (Å²) in [5, 5.41) is 9.61. The van der Waals surface area contributed by atoms with Gasteiger partial charge in [0, 0.05) is 25.0 Å². The number of aliphatic hydroxyl groups excluding tert-OH is 1. The maximum absolute atomic E-state index is 13.0. The van der Waals surface area contributed by atoms with Crippen molar-refractivity contribution in [3.05, 3.63) is 71.3 Å². The van der Waals surface area contributed by atoms with Gasteiger partial charge in [-0.3, -0.25) is 0 Å². The molecule has 0 unspecified atom stereocenters. The van der Waals surface area contributed by atoms with E-state index in [0.29, 0.717) is 6.61 Å². The molecule has 2 aromatic carbocycles. The first-order valence-corrected chi connectivity index (χ1v) is 11.2. The topological polar surface area (TPSA) is 49.8 Å². The summed E-state index contributed by atoms with van der Waals surface area (Å²) < 4.78 is 5.88. The summed E-state index contributed by atoms with van der Waals surface area (Å²) in [7, 11) is 0. The molecule has 2 aliphatic carbocycles. The number of hydrogen-bond donors (Lipinski definition) is 1. The second-order valence-electron chi connectivity index (χ2n) is 8.72. The first kappa shape index (κ1) is 19.4. The highest BCUT2D eigenvalue weighted by Crippen LogP contribution is 2.44. The average molecular weight is 404 g/mol. The molecule has 2 aromatic rings. The number of aliphatic hydroxyl groups is 1. The third kappa shape index (κ3) is 3.43. The van der Waals surface area contributed by atoms with E-state index in [1.165, 1.54) is 27.8 Å². The summed E-state index contributed by atoms with van der Waals surface area (Å²) in [6.07, 6.45) is 7.24. The summed E-state index contributed by atoms with van der Waals surface area (Å²) in [5.41, 5.74) is 6.29. The standard InChI is InChI=1S/C26H29NO3/c28-16-19-8-5-7-18(19)15-20-9-6-14-27(20)26(29)30-17-25-23-12-3-1-10-21(23)22-11-2-4-13-24(22)25/h1-4,10-13,15,19-20,25,28H,5-9,14,16-17H2/b18-15+/t19-,20-/m0/s1. The minimum Gasteiger partial charge on any atom is -0.448 e. The van der Waals surface area contributed by atoms with Gasteiger partial charge >= 0.3 is 6.09 Å². The van der Waals surface area contributed by atoms with Crippen molar-refractivity contribution in [2.75, 3.05) is 19.8 Å². The summed E-state index contributed by atoms with van der Waals surface area (Å²) in [5.74, 6) is 0.365. The Hall–Kier alpha value is -2.59. The molecular weight excluding hydrogens is 374 g/mol. The van der Waals surface area contributed by atoms with Gasteiger partial charge in [0.25, 0.3) is 0 Å². The van der Waals surface area contributed by atoms with Crippen molar-refractivity contribution in [2.45, 2.75) is 44.1 Å². The van der Waals surface area contributed by atoms with Crippen LogP contribution in [0.3, 0.4) is 0 Å². The van der Waals surface area contributed by atoms with E-state index in [4.69, 9.17) is 4.74 Å². The third-order valence-electron chi connectivity index (χ3n) is 7.04. The number of likely N-dealkylation sites (tertiary alicyclic amines) is 1. The zero-order chi connectivity index (χ0) is 20.5. The minimum atomic E-state index is -0.213. The fraction of sp³-hybridized carbons (Fsp3) is 0.423. The maximum atomic E-state index is 13.0. The van der Waals surface area contributed by atoms with Gasteiger partial charge in [-0.15, -0.1) is 0 Å². The van der Waals surface area contributed by atoms with Crippen LogP contribution < -0.4 is 0 Å². The fourth-order valence-corrected chi connectivity index (χ4v) is 5.49. The second kappa shape index (κ2) is 8.27. The molecule has 2 fully saturated rings. The van der Waals surface area contributed by atoms with E-state index in [9.17, 15) is 9.90 Å². The first-order valence-electron chi connectivity index (χ1n) is 11.2. The van der Waals surface area contributed by atoms with E-state index >= 15 is 0 Å². The predicted molar refractivity (Wildman–Crippen MR) is 117 cm³/mol. The first-order chi connectivity index (χ1) is 14.8. The molecule has 0 spiro atoms. The molecule has 3 aliphatic rings. The Balaban J connectivity index is 1.30. The van der Waals surface area contributed by atoms with Crippen LogP contribution in [0, 0.1) is 5.92 Å². The number of carbonyl (C=O) groups is 1. The Morgan fingerprint density at radius 2 is 1.73 bits per heavy atom. The molecule has 4 heteroatoms. The van der Waals surface area contributed by atoms with Gasteiger partial charge in [0.1, 0.15) is 6.61 Å². The van der Waals surface area contributed by atoms with Crippen molar-refractivity contribution < 1.29 is 14.6 Å². The Morgan fingerprint density at radius 1 is 1.03 bits per heavy atom. The number of rotatable bonds is 4. The number of ether oxygens (including phenoxy) is 1. The largest absolute Gasteiger partial charge is 0.448 e. The fourth-order valence-electron chi connectivity index (χ4n) is 5.49. The number of fused-ring (bicyclic) bond motifs is 3. The number of carbonyl (C=O) groups excluding carboxylic acids is 1. The van der Waals surface area contributed by atoms with Crippen molar-refractivity contribution >= 4 is 6.09 Å². The van der Waals surface area contributed by atoms with E-state index < -0.39 is 0 Å². The van der Waals surface area contributed by atoms with Crippen LogP contribution in [0.2, 0.25) is 0 Å². The van der Waals surface area contributed by atoms with Crippen LogP contribution in [0.15, 0.2) is 60.2 Å². The van der Waals surface area contributed by atoms with Gasteiger partial charge in [-0.25, -0.2) is 4.79 Å². The molecular formula is C26H29NO3. The number of benzene rings is 2. The Kier molecular flexibility index (Phi) is 5.34. The Labute approximate surface area is 178 Å². The van der Waals surface area contributed by atoms with Crippen molar-refractivity contribution in [3.63, 3.8) is 0 Å². The Bertz CT molecular complexity index is 921. The summed E-state index contributed by atoms with van der Waals surface area (Å²) in [4.78, 5) is 14.9. The lowest BCUT2D eigenvalue weighted by molar-refractivity contribution is 0.101. The molecule has 1 saturated heterocycles. The molecule has 1 aliphatic heterocycles. The molecule has 1 heterocycles. The van der Waals surface area contributed by atoms with Gasteiger partial charge < -0.3 is 14.7 Å². The molecule has 4 nitrogen and oxygen atoms in total. The smallest absolute Gasteiger partial charge is 0.410 e. The van der Waals surface area contributed by atoms with Gasteiger partial charge in [0.2, 0.25) is 0 Å². The molecule has 1 N–H and O–H groups in total. The van der Waals surface area contributed by atoms with E-state index in [2.05, 4.69) is 54.6 Å². The third-order valence-corrected chi connectivity index (χ3v) is 7.04. The Morgan fingerprint density at radius 3 is 2.43 bits per heavy atom. The monoisotopic (exact) mass is 403 g/mol. The summed E-state index contributed by atoms with van der Waals surface area (Å²) in [6.45, 7) is 1.32. The summed E-state index contributed by atoms with van der Waals surface area (Å²) >= 11 is 0. The van der Waals surface area contributed by atoms with Gasteiger partial charge in [0.05, 0.1) is 6.04 Å². The van der Waals surface area contributed by atoms with E-state index in [1.807, 2.05) is 4.90 Å². The molecule has 1 saturated carbocycles. The molecule has 5 rings (SSSR count). The lowest BCUT2D eigenvalue weighted by atomic mass is 9.98. The molecule has 1 amide bonds. The summed E-state index contributed by atoms with van der Waals surface area (Å²) in [6, 6.07) is 16.9. The lowest BCUT2D eigenvalue weighted by Crippen LogP contribution is -2.36. The SMILES string of the molecule is O=C(OCC1c2ccccc2-c2ccccc21)N1CCC[C@H]1/C=C1\CCC[C@H]1CO. The van der Waals surface area contributed by atoms with E-state index in [0.717, 1.165) is 38.6 Å². The van der Waals surface area contributed by atoms with Crippen molar-refractivity contribution in [3.8, 4) is 11.1 Å². The van der Waals surface area contributed by atoms with Gasteiger partial charge in [-0.2, -0.15) is 0 Å². The highest BCUT2D eigenvalue weighted by Gasteiger charge is 2.33. The quantitative estimate of drug-likeness (QED) is 0.721. The maximum Gasteiger partial charge on any atom is 0.410 e. The zero-order valence-corrected chi connectivity index (χ0v) is 17.3. The van der Waals surface area contributed by atoms with Gasteiger partial charge in [-0.05, 0) is 54.4 Å². The van der Waals surface area contributed by atoms with Crippen LogP contribution in [-0.2, 0) is 4.74 Å². The number of amides is 1. The number of hydrogen-bond acceptors (Lipinski definition) is 3. The van der Waals surface area contributed by atoms with Crippen molar-refractivity contribution in [2.24, 2.45) is 5.92 Å². The van der Waals surface area contributed by atoms with Crippen LogP contribution in [0.25, 0.3) is 11.1 Å². The highest BCUT2D eigenvalue weighted by molar-refractivity contribution is 5.79. The molecule has 30 heavy (non-hydrogen) atoms. The zero-order valence-electron chi connectivity index (χ0n) is 17.3. The van der Waals surface area contributed by atoms with Crippen LogP contribution in [0.5, 0.6) is 0 Å². The molecule has 0 bridgehead atoms. The lowest BCUT2D eigenvalue weighted by Gasteiger charge is -2.24. The van der Waals surface area contributed by atoms with Crippen LogP contribution in [-0.4, -0.2) is 41.9 Å². The number of nitrogens with zero attached hydrogens (tertiary/aromatic N) is 1. The van der Waals surface area contributed by atoms with Crippen molar-refractivity contribution in [1.82, 2.24) is 4.90 Å². The molecule has 156 valence electrons. The normalized spacial score (nSPS) is 24.3. The minimum absolute atomic E-state index is 0.0920. The average Bonchev–Trinajstić information content (AvgIpc) is 3.50. The van der Waals surface area contributed by atoms with Crippen LogP contribution in [0.4, 0.5) is 4.79 Å². The van der Waals surface area contributed by atoms with Crippen molar-refractivity contribution in [1.29, 1.82) is 0 Å². The van der Waals surface area contributed by atoms with Crippen LogP contribution >= 0.6 is 0 Å². The molecule has 0 radical (unpaired) electrons. The highest BCUT2D eigenvalue weighted by atomic mass is 16.6. The van der Waals surface area contributed by atoms with E-state index in [1.54, 1.807) is 0 Å². The van der Waals surface area contributed by atoms with E-state index in [-0.39, 0.29) is 30.6 Å². The second-order valence-corrected chi connectivity index (χ2v) is 8.72. The molecule has 0 aromatic heterocycles. The van der Waals surface area contributed by atoms with Crippen LogP contribution in [0.1, 0.15) is 49.1 Å². The van der Waals surface area contributed by atoms with Gasteiger partial charge in [-0.1, -0.05) is 60.2 Å². The predicted octanol–water partition coefficient (Wildman–Crippen LogP) is 5.12. The van der Waals surface area contributed by atoms with Gasteiger partial charge in [0.15, 0.2) is 0 Å².